The summed E-state index contributed by atoms with van der Waals surface area (Å²) in [5.41, 5.74) is -0.0825. The highest BCUT2D eigenvalue weighted by atomic mass is 16.5. The van der Waals surface area contributed by atoms with Crippen LogP contribution in [0.2, 0.25) is 0 Å². The Bertz CT molecular complexity index is 768. The minimum Gasteiger partial charge on any atom is -0.493 e. The maximum atomic E-state index is 12.5. The first-order valence-electron chi connectivity index (χ1n) is 6.32. The quantitative estimate of drug-likeness (QED) is 0.747. The first kappa shape index (κ1) is 15.6. The van der Waals surface area contributed by atoms with E-state index >= 15 is 0 Å². The topological polar surface area (TPSA) is 88.9 Å². The van der Waals surface area contributed by atoms with Crippen LogP contribution in [-0.4, -0.2) is 44.0 Å². The van der Waals surface area contributed by atoms with E-state index < -0.39 is 11.5 Å². The molecular weight excluding hydrogens is 292 g/mol. The van der Waals surface area contributed by atoms with E-state index in [1.807, 2.05) is 0 Å². The Balaban J connectivity index is 2.74. The van der Waals surface area contributed by atoms with Crippen molar-refractivity contribution in [2.24, 2.45) is 0 Å². The molecule has 0 unspecified atom stereocenters. The lowest BCUT2D eigenvalue weighted by molar-refractivity contribution is -0.141. The number of aromatic nitrogens is 2. The summed E-state index contributed by atoms with van der Waals surface area (Å²) in [5, 5.41) is 0.251. The molecule has 2 rings (SSSR count). The molecule has 8 nitrogen and oxygen atoms in total. The fraction of sp³-hybridized carbons (Fsp3) is 0.357. The first-order chi connectivity index (χ1) is 10.6. The SMILES string of the molecule is COC(=O)Cn1cnc2c(OC)c(OC)c(OC)cc2c1=O. The summed E-state index contributed by atoms with van der Waals surface area (Å²) in [6.45, 7) is -0.227. The zero-order valence-electron chi connectivity index (χ0n) is 12.7. The molecule has 0 saturated heterocycles. The van der Waals surface area contributed by atoms with Crippen molar-refractivity contribution < 1.29 is 23.7 Å². The van der Waals surface area contributed by atoms with Crippen molar-refractivity contribution in [1.29, 1.82) is 0 Å². The number of hydrogen-bond donors (Lipinski definition) is 0. The predicted molar refractivity (Wildman–Crippen MR) is 77.7 cm³/mol. The molecule has 0 N–H and O–H groups in total. The third-order valence-corrected chi connectivity index (χ3v) is 3.15. The minimum atomic E-state index is -0.546. The van der Waals surface area contributed by atoms with Crippen LogP contribution in [0.25, 0.3) is 10.9 Å². The molecule has 0 aliphatic heterocycles. The normalized spacial score (nSPS) is 10.4. The van der Waals surface area contributed by atoms with Gasteiger partial charge in [0.05, 0.1) is 40.2 Å². The van der Waals surface area contributed by atoms with Gasteiger partial charge in [-0.05, 0) is 6.07 Å². The summed E-state index contributed by atoms with van der Waals surface area (Å²) >= 11 is 0. The Morgan fingerprint density at radius 3 is 2.36 bits per heavy atom. The largest absolute Gasteiger partial charge is 0.493 e. The molecule has 118 valence electrons. The molecule has 0 amide bonds. The van der Waals surface area contributed by atoms with E-state index in [1.165, 1.54) is 40.8 Å². The second-order valence-corrected chi connectivity index (χ2v) is 4.30. The van der Waals surface area contributed by atoms with Crippen molar-refractivity contribution in [2.45, 2.75) is 6.54 Å². The number of nitrogens with zero attached hydrogens (tertiary/aromatic N) is 2. The van der Waals surface area contributed by atoms with Crippen molar-refractivity contribution >= 4 is 16.9 Å². The number of hydrogen-bond acceptors (Lipinski definition) is 7. The number of rotatable bonds is 5. The number of ether oxygens (including phenoxy) is 4. The van der Waals surface area contributed by atoms with Crippen molar-refractivity contribution in [3.05, 3.63) is 22.7 Å². The van der Waals surface area contributed by atoms with Crippen LogP contribution in [0.4, 0.5) is 0 Å². The molecule has 22 heavy (non-hydrogen) atoms. The zero-order chi connectivity index (χ0) is 16.3. The van der Waals surface area contributed by atoms with Crippen LogP contribution in [0.1, 0.15) is 0 Å². The molecule has 0 fully saturated rings. The zero-order valence-corrected chi connectivity index (χ0v) is 12.7. The second-order valence-electron chi connectivity index (χ2n) is 4.30. The standard InChI is InChI=1S/C14H16N2O6/c1-19-9-5-8-11(13(22-4)12(9)21-3)15-7-16(14(8)18)6-10(17)20-2/h5,7H,6H2,1-4H3. The smallest absolute Gasteiger partial charge is 0.325 e. The lowest BCUT2D eigenvalue weighted by Gasteiger charge is -2.14. The lowest BCUT2D eigenvalue weighted by atomic mass is 10.2. The maximum Gasteiger partial charge on any atom is 0.325 e. The second kappa shape index (κ2) is 6.33. The van der Waals surface area contributed by atoms with Crippen LogP contribution in [0.5, 0.6) is 17.2 Å². The Labute approximate surface area is 126 Å². The van der Waals surface area contributed by atoms with Crippen molar-refractivity contribution in [3.63, 3.8) is 0 Å². The summed E-state index contributed by atoms with van der Waals surface area (Å²) in [6.07, 6.45) is 1.26. The molecule has 1 aromatic heterocycles. The molecule has 0 bridgehead atoms. The molecule has 0 aliphatic carbocycles. The minimum absolute atomic E-state index is 0.227. The van der Waals surface area contributed by atoms with Crippen molar-refractivity contribution in [1.82, 2.24) is 9.55 Å². The van der Waals surface area contributed by atoms with Gasteiger partial charge in [-0.1, -0.05) is 0 Å². The summed E-state index contributed by atoms with van der Waals surface area (Å²) in [5.74, 6) is 0.423. The van der Waals surface area contributed by atoms with E-state index in [2.05, 4.69) is 9.72 Å². The van der Waals surface area contributed by atoms with E-state index in [0.717, 1.165) is 4.57 Å². The highest BCUT2D eigenvalue weighted by Crippen LogP contribution is 2.41. The third kappa shape index (κ3) is 2.54. The van der Waals surface area contributed by atoms with Gasteiger partial charge in [-0.15, -0.1) is 0 Å². The highest BCUT2D eigenvalue weighted by molar-refractivity contribution is 5.89. The predicted octanol–water partition coefficient (Wildman–Crippen LogP) is 0.595. The molecule has 1 heterocycles. The van der Waals surface area contributed by atoms with Crippen LogP contribution in [-0.2, 0) is 16.1 Å². The van der Waals surface area contributed by atoms with E-state index in [9.17, 15) is 9.59 Å². The van der Waals surface area contributed by atoms with Gasteiger partial charge in [-0.3, -0.25) is 14.2 Å². The van der Waals surface area contributed by atoms with Crippen molar-refractivity contribution in [2.75, 3.05) is 28.4 Å². The lowest BCUT2D eigenvalue weighted by Crippen LogP contribution is -2.25. The van der Waals surface area contributed by atoms with Gasteiger partial charge in [0, 0.05) is 0 Å². The fourth-order valence-corrected chi connectivity index (χ4v) is 2.08. The molecule has 0 saturated carbocycles. The average Bonchev–Trinajstić information content (AvgIpc) is 2.55. The fourth-order valence-electron chi connectivity index (χ4n) is 2.08. The van der Waals surface area contributed by atoms with E-state index in [-0.39, 0.29) is 11.9 Å². The van der Waals surface area contributed by atoms with Gasteiger partial charge >= 0.3 is 5.97 Å². The summed E-state index contributed by atoms with van der Waals surface area (Å²) < 4.78 is 21.4. The maximum absolute atomic E-state index is 12.5. The monoisotopic (exact) mass is 308 g/mol. The molecule has 2 aromatic rings. The molecular formula is C14H16N2O6. The van der Waals surface area contributed by atoms with Crippen LogP contribution >= 0.6 is 0 Å². The first-order valence-corrected chi connectivity index (χ1v) is 6.32. The van der Waals surface area contributed by atoms with Gasteiger partial charge in [0.15, 0.2) is 11.5 Å². The van der Waals surface area contributed by atoms with Gasteiger partial charge in [-0.25, -0.2) is 4.98 Å². The van der Waals surface area contributed by atoms with Gasteiger partial charge in [-0.2, -0.15) is 0 Å². The van der Waals surface area contributed by atoms with Gasteiger partial charge in [0.25, 0.3) is 5.56 Å². The number of methoxy groups -OCH3 is 4. The Kier molecular flexibility index (Phi) is 4.50. The number of fused-ring (bicyclic) bond motifs is 1. The van der Waals surface area contributed by atoms with Crippen molar-refractivity contribution in [3.8, 4) is 17.2 Å². The van der Waals surface area contributed by atoms with E-state index in [1.54, 1.807) is 0 Å². The summed E-state index contributed by atoms with van der Waals surface area (Å²) in [7, 11) is 5.61. The van der Waals surface area contributed by atoms with E-state index in [0.29, 0.717) is 22.8 Å². The summed E-state index contributed by atoms with van der Waals surface area (Å²) in [4.78, 5) is 28.0. The van der Waals surface area contributed by atoms with Gasteiger partial charge in [0.1, 0.15) is 12.1 Å². The number of benzene rings is 1. The third-order valence-electron chi connectivity index (χ3n) is 3.15. The van der Waals surface area contributed by atoms with Crippen LogP contribution < -0.4 is 19.8 Å². The number of carbonyl (C=O) groups excluding carboxylic acids is 1. The van der Waals surface area contributed by atoms with Crippen LogP contribution in [0.15, 0.2) is 17.2 Å². The van der Waals surface area contributed by atoms with Gasteiger partial charge in [0.2, 0.25) is 5.75 Å². The Morgan fingerprint density at radius 1 is 1.14 bits per heavy atom. The number of carbonyl (C=O) groups is 1. The number of esters is 1. The molecule has 0 spiro atoms. The molecule has 0 aliphatic rings. The Hall–Kier alpha value is -2.77. The molecule has 0 atom stereocenters. The van der Waals surface area contributed by atoms with Crippen LogP contribution in [0, 0.1) is 0 Å². The molecule has 0 radical (unpaired) electrons. The summed E-state index contributed by atoms with van der Waals surface area (Å²) in [6, 6.07) is 1.50. The highest BCUT2D eigenvalue weighted by Gasteiger charge is 2.20. The molecule has 1 aromatic carbocycles. The molecule has 8 heteroatoms. The van der Waals surface area contributed by atoms with Crippen LogP contribution in [0.3, 0.4) is 0 Å². The van der Waals surface area contributed by atoms with E-state index in [4.69, 9.17) is 14.2 Å². The average molecular weight is 308 g/mol. The van der Waals surface area contributed by atoms with Gasteiger partial charge < -0.3 is 18.9 Å². The Morgan fingerprint density at radius 2 is 1.82 bits per heavy atom.